The first kappa shape index (κ1) is 24.4. The number of pyridine rings is 1. The van der Waals surface area contributed by atoms with Gasteiger partial charge in [0.25, 0.3) is 11.8 Å². The van der Waals surface area contributed by atoms with Gasteiger partial charge in [0.2, 0.25) is 5.91 Å². The predicted molar refractivity (Wildman–Crippen MR) is 133 cm³/mol. The summed E-state index contributed by atoms with van der Waals surface area (Å²) in [5.41, 5.74) is 0.764. The van der Waals surface area contributed by atoms with Gasteiger partial charge in [-0.1, -0.05) is 12.1 Å². The third kappa shape index (κ3) is 5.27. The average molecular weight is 493 g/mol. The van der Waals surface area contributed by atoms with Crippen LogP contribution >= 0.6 is 0 Å². The SMILES string of the molecule is CC(=O)NCCCc1cccc(C(=O)NC23CC4CC(CC(NC(=O)c5cccc(F)c5)(C4)C2)C3)n1. The fraction of sp³-hybridized carbons (Fsp3) is 0.500. The number of nitrogens with one attached hydrogen (secondary N) is 3. The van der Waals surface area contributed by atoms with Gasteiger partial charge in [-0.2, -0.15) is 0 Å². The number of hydrogen-bond acceptors (Lipinski definition) is 4. The first-order chi connectivity index (χ1) is 17.2. The van der Waals surface area contributed by atoms with Crippen LogP contribution in [0.3, 0.4) is 0 Å². The van der Waals surface area contributed by atoms with E-state index in [0.29, 0.717) is 42.5 Å². The highest BCUT2D eigenvalue weighted by Gasteiger charge is 2.58. The third-order valence-corrected chi connectivity index (χ3v) is 7.93. The maximum absolute atomic E-state index is 13.7. The van der Waals surface area contributed by atoms with Crippen molar-refractivity contribution in [3.05, 3.63) is 65.2 Å². The smallest absolute Gasteiger partial charge is 0.270 e. The first-order valence-corrected chi connectivity index (χ1v) is 12.8. The normalized spacial score (nSPS) is 27.9. The van der Waals surface area contributed by atoms with Gasteiger partial charge in [0.05, 0.1) is 0 Å². The Kier molecular flexibility index (Phi) is 6.53. The van der Waals surface area contributed by atoms with Gasteiger partial charge >= 0.3 is 0 Å². The molecule has 4 saturated carbocycles. The Bertz CT molecular complexity index is 1170. The van der Waals surface area contributed by atoms with Crippen molar-refractivity contribution in [2.24, 2.45) is 11.8 Å². The van der Waals surface area contributed by atoms with Crippen LogP contribution in [0, 0.1) is 17.7 Å². The highest BCUT2D eigenvalue weighted by Crippen LogP contribution is 2.57. The fourth-order valence-corrected chi connectivity index (χ4v) is 7.08. The molecule has 4 aliphatic carbocycles. The van der Waals surface area contributed by atoms with E-state index >= 15 is 0 Å². The molecular formula is C28H33FN4O3. The lowest BCUT2D eigenvalue weighted by Gasteiger charge is -2.62. The molecule has 3 N–H and O–H groups in total. The molecule has 4 bridgehead atoms. The van der Waals surface area contributed by atoms with Gasteiger partial charge in [0, 0.05) is 35.8 Å². The zero-order valence-corrected chi connectivity index (χ0v) is 20.6. The van der Waals surface area contributed by atoms with E-state index in [0.717, 1.165) is 44.2 Å². The van der Waals surface area contributed by atoms with Gasteiger partial charge in [0.15, 0.2) is 0 Å². The molecule has 0 aliphatic heterocycles. The molecule has 7 nitrogen and oxygen atoms in total. The van der Waals surface area contributed by atoms with Crippen molar-refractivity contribution < 1.29 is 18.8 Å². The third-order valence-electron chi connectivity index (χ3n) is 7.93. The van der Waals surface area contributed by atoms with Crippen LogP contribution in [0.25, 0.3) is 0 Å². The molecule has 8 heteroatoms. The number of halogens is 1. The lowest BCUT2D eigenvalue weighted by molar-refractivity contribution is -0.118. The summed E-state index contributed by atoms with van der Waals surface area (Å²) in [4.78, 5) is 42.0. The van der Waals surface area contributed by atoms with Crippen LogP contribution in [0.15, 0.2) is 42.5 Å². The minimum atomic E-state index is -0.429. The van der Waals surface area contributed by atoms with E-state index in [2.05, 4.69) is 20.9 Å². The average Bonchev–Trinajstić information content (AvgIpc) is 2.80. The monoisotopic (exact) mass is 492 g/mol. The van der Waals surface area contributed by atoms with E-state index < -0.39 is 5.82 Å². The van der Waals surface area contributed by atoms with Crippen LogP contribution in [0.2, 0.25) is 0 Å². The molecule has 1 aromatic carbocycles. The number of carbonyl (C=O) groups excluding carboxylic acids is 3. The molecule has 36 heavy (non-hydrogen) atoms. The minimum Gasteiger partial charge on any atom is -0.356 e. The maximum atomic E-state index is 13.7. The Morgan fingerprint density at radius 1 is 0.972 bits per heavy atom. The van der Waals surface area contributed by atoms with Gasteiger partial charge < -0.3 is 16.0 Å². The number of aromatic nitrogens is 1. The fourth-order valence-electron chi connectivity index (χ4n) is 7.08. The number of nitrogens with zero attached hydrogens (tertiary/aromatic N) is 1. The number of aryl methyl sites for hydroxylation is 1. The zero-order chi connectivity index (χ0) is 25.3. The second kappa shape index (κ2) is 9.64. The summed E-state index contributed by atoms with van der Waals surface area (Å²) in [5.74, 6) is -0.0584. The Balaban J connectivity index is 1.28. The van der Waals surface area contributed by atoms with Crippen molar-refractivity contribution in [3.8, 4) is 0 Å². The summed E-state index contributed by atoms with van der Waals surface area (Å²) < 4.78 is 13.7. The summed E-state index contributed by atoms with van der Waals surface area (Å²) in [7, 11) is 0. The summed E-state index contributed by atoms with van der Waals surface area (Å²) in [5, 5.41) is 9.35. The molecule has 0 radical (unpaired) electrons. The molecule has 4 aliphatic rings. The van der Waals surface area contributed by atoms with Crippen molar-refractivity contribution in [1.82, 2.24) is 20.9 Å². The first-order valence-electron chi connectivity index (χ1n) is 12.8. The van der Waals surface area contributed by atoms with Gasteiger partial charge in [0.1, 0.15) is 11.5 Å². The molecule has 2 unspecified atom stereocenters. The molecule has 1 heterocycles. The van der Waals surface area contributed by atoms with Crippen LogP contribution in [0.4, 0.5) is 4.39 Å². The van der Waals surface area contributed by atoms with Crippen molar-refractivity contribution in [2.45, 2.75) is 69.4 Å². The largest absolute Gasteiger partial charge is 0.356 e. The molecule has 1 aromatic heterocycles. The summed E-state index contributed by atoms with van der Waals surface area (Å²) >= 11 is 0. The summed E-state index contributed by atoms with van der Waals surface area (Å²) in [6, 6.07) is 11.2. The highest BCUT2D eigenvalue weighted by atomic mass is 19.1. The van der Waals surface area contributed by atoms with Gasteiger partial charge in [-0.25, -0.2) is 9.37 Å². The van der Waals surface area contributed by atoms with Gasteiger partial charge in [-0.15, -0.1) is 0 Å². The standard InChI is InChI=1S/C28H33FN4O3/c1-18(34)30-10-4-8-23-7-3-9-24(31-23)26(36)33-28-15-19-11-20(16-28)14-27(13-19,17-28)32-25(35)21-5-2-6-22(29)12-21/h2-3,5-7,9,12,19-20H,4,8,10-11,13-17H2,1H3,(H,30,34)(H,32,35)(H,33,36). The molecule has 0 saturated heterocycles. The second-order valence-corrected chi connectivity index (χ2v) is 11.0. The molecule has 2 aromatic rings. The van der Waals surface area contributed by atoms with Crippen molar-refractivity contribution >= 4 is 17.7 Å². The molecule has 0 spiro atoms. The molecular weight excluding hydrogens is 459 g/mol. The van der Waals surface area contributed by atoms with Crippen LogP contribution in [0.1, 0.15) is 78.4 Å². The maximum Gasteiger partial charge on any atom is 0.270 e. The van der Waals surface area contributed by atoms with Crippen molar-refractivity contribution in [3.63, 3.8) is 0 Å². The van der Waals surface area contributed by atoms with Crippen LogP contribution in [-0.4, -0.2) is 40.3 Å². The van der Waals surface area contributed by atoms with Gasteiger partial charge in [-0.05, 0) is 93.5 Å². The lowest BCUT2D eigenvalue weighted by atomic mass is 9.49. The molecule has 6 rings (SSSR count). The van der Waals surface area contributed by atoms with Crippen molar-refractivity contribution in [2.75, 3.05) is 6.54 Å². The Morgan fingerprint density at radius 3 is 2.31 bits per heavy atom. The number of hydrogen-bond donors (Lipinski definition) is 3. The van der Waals surface area contributed by atoms with E-state index in [1.807, 2.05) is 12.1 Å². The molecule has 190 valence electrons. The number of amides is 3. The minimum absolute atomic E-state index is 0.0587. The Morgan fingerprint density at radius 2 is 1.64 bits per heavy atom. The van der Waals surface area contributed by atoms with Crippen LogP contribution < -0.4 is 16.0 Å². The van der Waals surface area contributed by atoms with Gasteiger partial charge in [-0.3, -0.25) is 14.4 Å². The van der Waals surface area contributed by atoms with E-state index in [1.165, 1.54) is 19.1 Å². The summed E-state index contributed by atoms with van der Waals surface area (Å²) in [6.07, 6.45) is 6.82. The van der Waals surface area contributed by atoms with E-state index in [4.69, 9.17) is 0 Å². The molecule has 3 amide bonds. The van der Waals surface area contributed by atoms with E-state index in [1.54, 1.807) is 18.2 Å². The lowest BCUT2D eigenvalue weighted by Crippen LogP contribution is -2.69. The number of rotatable bonds is 8. The summed E-state index contributed by atoms with van der Waals surface area (Å²) in [6.45, 7) is 2.06. The van der Waals surface area contributed by atoms with E-state index in [-0.39, 0.29) is 28.8 Å². The Hall–Kier alpha value is -3.29. The topological polar surface area (TPSA) is 100 Å². The molecule has 2 atom stereocenters. The number of benzene rings is 1. The van der Waals surface area contributed by atoms with Crippen LogP contribution in [0.5, 0.6) is 0 Å². The Labute approximate surface area is 210 Å². The quantitative estimate of drug-likeness (QED) is 0.491. The zero-order valence-electron chi connectivity index (χ0n) is 20.6. The predicted octanol–water partition coefficient (Wildman–Crippen LogP) is 3.54. The highest BCUT2D eigenvalue weighted by molar-refractivity contribution is 5.95. The number of carbonyl (C=O) groups is 3. The second-order valence-electron chi connectivity index (χ2n) is 11.0. The van der Waals surface area contributed by atoms with Crippen LogP contribution in [-0.2, 0) is 11.2 Å². The molecule has 4 fully saturated rings. The van der Waals surface area contributed by atoms with Crippen molar-refractivity contribution in [1.29, 1.82) is 0 Å². The van der Waals surface area contributed by atoms with E-state index in [9.17, 15) is 18.8 Å².